The number of nitrogens with zero attached hydrogens (tertiary/aromatic N) is 2. The molecule has 1 aliphatic rings. The Morgan fingerprint density at radius 3 is 2.81 bits per heavy atom. The molecule has 1 atom stereocenters. The summed E-state index contributed by atoms with van der Waals surface area (Å²) < 4.78 is 0. The van der Waals surface area contributed by atoms with Gasteiger partial charge in [-0.15, -0.1) is 10.2 Å². The molecule has 84 valence electrons. The molecule has 5 nitrogen and oxygen atoms in total. The van der Waals surface area contributed by atoms with Gasteiger partial charge in [0, 0.05) is 6.04 Å². The molecule has 0 spiro atoms. The molecule has 0 fully saturated rings. The molecule has 0 saturated carbocycles. The van der Waals surface area contributed by atoms with Crippen LogP contribution in [-0.2, 0) is 0 Å². The summed E-state index contributed by atoms with van der Waals surface area (Å²) >= 11 is 0. The minimum absolute atomic E-state index is 0.0333. The Balaban J connectivity index is 1.99. The van der Waals surface area contributed by atoms with Gasteiger partial charge in [-0.2, -0.15) is 0 Å². The van der Waals surface area contributed by atoms with Gasteiger partial charge >= 0.3 is 5.97 Å². The van der Waals surface area contributed by atoms with Gasteiger partial charge in [-0.1, -0.05) is 12.2 Å². The second-order valence-corrected chi connectivity index (χ2v) is 3.73. The molecule has 5 heteroatoms. The number of carbonyl (C=O) groups is 1. The van der Waals surface area contributed by atoms with Crippen molar-refractivity contribution in [3.05, 3.63) is 30.0 Å². The minimum atomic E-state index is -1.06. The van der Waals surface area contributed by atoms with Crippen molar-refractivity contribution in [3.8, 4) is 0 Å². The molecular weight excluding hydrogens is 206 g/mol. The molecule has 0 bridgehead atoms. The summed E-state index contributed by atoms with van der Waals surface area (Å²) in [5.74, 6) is -0.426. The third-order valence-corrected chi connectivity index (χ3v) is 2.50. The zero-order chi connectivity index (χ0) is 11.4. The van der Waals surface area contributed by atoms with Gasteiger partial charge < -0.3 is 10.4 Å². The average Bonchev–Trinajstić information content (AvgIpc) is 2.31. The van der Waals surface area contributed by atoms with E-state index in [-0.39, 0.29) is 5.69 Å². The number of anilines is 1. The van der Waals surface area contributed by atoms with E-state index in [0.29, 0.717) is 11.9 Å². The molecule has 1 unspecified atom stereocenters. The summed E-state index contributed by atoms with van der Waals surface area (Å²) in [5.41, 5.74) is -0.0333. The Bertz CT molecular complexity index is 400. The van der Waals surface area contributed by atoms with Gasteiger partial charge in [0.15, 0.2) is 5.69 Å². The summed E-state index contributed by atoms with van der Waals surface area (Å²) in [4.78, 5) is 10.6. The Morgan fingerprint density at radius 1 is 1.38 bits per heavy atom. The van der Waals surface area contributed by atoms with Gasteiger partial charge in [0.25, 0.3) is 0 Å². The van der Waals surface area contributed by atoms with E-state index >= 15 is 0 Å². The molecule has 1 heterocycles. The third-order valence-electron chi connectivity index (χ3n) is 2.50. The van der Waals surface area contributed by atoms with Crippen molar-refractivity contribution >= 4 is 11.8 Å². The number of hydrogen-bond acceptors (Lipinski definition) is 4. The number of hydrogen-bond donors (Lipinski definition) is 2. The number of allylic oxidation sites excluding steroid dienone is 1. The van der Waals surface area contributed by atoms with E-state index in [9.17, 15) is 4.79 Å². The van der Waals surface area contributed by atoms with E-state index in [2.05, 4.69) is 27.7 Å². The maximum Gasteiger partial charge on any atom is 0.356 e. The van der Waals surface area contributed by atoms with Gasteiger partial charge in [0.1, 0.15) is 5.82 Å². The van der Waals surface area contributed by atoms with Crippen molar-refractivity contribution < 1.29 is 9.90 Å². The number of nitrogens with one attached hydrogen (secondary N) is 1. The highest BCUT2D eigenvalue weighted by Gasteiger charge is 2.11. The molecule has 0 aromatic carbocycles. The Kier molecular flexibility index (Phi) is 3.14. The molecule has 1 aromatic rings. The first-order valence-corrected chi connectivity index (χ1v) is 5.24. The molecule has 1 aromatic heterocycles. The van der Waals surface area contributed by atoms with Crippen LogP contribution in [0.1, 0.15) is 29.8 Å². The van der Waals surface area contributed by atoms with Gasteiger partial charge in [-0.3, -0.25) is 0 Å². The van der Waals surface area contributed by atoms with Crippen LogP contribution in [0.5, 0.6) is 0 Å². The highest BCUT2D eigenvalue weighted by atomic mass is 16.4. The lowest BCUT2D eigenvalue weighted by atomic mass is 10.0. The minimum Gasteiger partial charge on any atom is -0.476 e. The number of carboxylic acid groups (broad SMARTS) is 1. The van der Waals surface area contributed by atoms with Crippen LogP contribution >= 0.6 is 0 Å². The molecule has 16 heavy (non-hydrogen) atoms. The van der Waals surface area contributed by atoms with Crippen LogP contribution < -0.4 is 5.32 Å². The predicted molar refractivity (Wildman–Crippen MR) is 59.4 cm³/mol. The smallest absolute Gasteiger partial charge is 0.356 e. The fraction of sp³-hybridized carbons (Fsp3) is 0.364. The Hall–Kier alpha value is -1.91. The molecule has 0 amide bonds. The molecular formula is C11H13N3O2. The van der Waals surface area contributed by atoms with Crippen LogP contribution in [-0.4, -0.2) is 27.3 Å². The van der Waals surface area contributed by atoms with Gasteiger partial charge in [0.05, 0.1) is 0 Å². The standard InChI is InChI=1S/C11H13N3O2/c15-11(16)9-6-7-10(14-13-9)12-8-4-2-1-3-5-8/h1-2,6-8H,3-5H2,(H,12,14)(H,15,16). The zero-order valence-electron chi connectivity index (χ0n) is 8.76. The SMILES string of the molecule is O=C(O)c1ccc(NC2CC=CCC2)nn1. The lowest BCUT2D eigenvalue weighted by Crippen LogP contribution is -2.21. The highest BCUT2D eigenvalue weighted by Crippen LogP contribution is 2.15. The second kappa shape index (κ2) is 4.74. The largest absolute Gasteiger partial charge is 0.476 e. The second-order valence-electron chi connectivity index (χ2n) is 3.73. The van der Waals surface area contributed by atoms with Crippen molar-refractivity contribution in [1.29, 1.82) is 0 Å². The lowest BCUT2D eigenvalue weighted by molar-refractivity contribution is 0.0689. The molecule has 0 aliphatic heterocycles. The van der Waals surface area contributed by atoms with E-state index in [1.54, 1.807) is 6.07 Å². The van der Waals surface area contributed by atoms with E-state index in [0.717, 1.165) is 19.3 Å². The van der Waals surface area contributed by atoms with Crippen molar-refractivity contribution in [1.82, 2.24) is 10.2 Å². The summed E-state index contributed by atoms with van der Waals surface area (Å²) in [7, 11) is 0. The quantitative estimate of drug-likeness (QED) is 0.757. The summed E-state index contributed by atoms with van der Waals surface area (Å²) in [6.45, 7) is 0. The summed E-state index contributed by atoms with van der Waals surface area (Å²) in [6, 6.07) is 3.47. The van der Waals surface area contributed by atoms with Gasteiger partial charge in [0.2, 0.25) is 0 Å². The fourth-order valence-corrected chi connectivity index (χ4v) is 1.66. The maximum absolute atomic E-state index is 10.6. The van der Waals surface area contributed by atoms with Crippen LogP contribution in [0.15, 0.2) is 24.3 Å². The highest BCUT2D eigenvalue weighted by molar-refractivity contribution is 5.85. The first kappa shape index (κ1) is 10.6. The van der Waals surface area contributed by atoms with Crippen molar-refractivity contribution in [2.45, 2.75) is 25.3 Å². The van der Waals surface area contributed by atoms with E-state index in [1.165, 1.54) is 6.07 Å². The van der Waals surface area contributed by atoms with Crippen molar-refractivity contribution in [3.63, 3.8) is 0 Å². The summed E-state index contributed by atoms with van der Waals surface area (Å²) in [5, 5.41) is 19.3. The zero-order valence-corrected chi connectivity index (χ0v) is 8.76. The topological polar surface area (TPSA) is 75.1 Å². The maximum atomic E-state index is 10.6. The van der Waals surface area contributed by atoms with Crippen LogP contribution in [0.2, 0.25) is 0 Å². The first-order chi connectivity index (χ1) is 7.75. The van der Waals surface area contributed by atoms with Gasteiger partial charge in [-0.25, -0.2) is 4.79 Å². The first-order valence-electron chi connectivity index (χ1n) is 5.24. The van der Waals surface area contributed by atoms with Crippen molar-refractivity contribution in [2.75, 3.05) is 5.32 Å². The van der Waals surface area contributed by atoms with Crippen LogP contribution in [0, 0.1) is 0 Å². The molecule has 0 radical (unpaired) electrons. The number of aromatic carboxylic acids is 1. The number of aromatic nitrogens is 2. The molecule has 0 saturated heterocycles. The van der Waals surface area contributed by atoms with E-state index in [1.807, 2.05) is 0 Å². The normalized spacial score (nSPS) is 19.4. The average molecular weight is 219 g/mol. The predicted octanol–water partition coefficient (Wildman–Crippen LogP) is 1.70. The van der Waals surface area contributed by atoms with Gasteiger partial charge in [-0.05, 0) is 31.4 Å². The van der Waals surface area contributed by atoms with Crippen LogP contribution in [0.3, 0.4) is 0 Å². The monoisotopic (exact) mass is 219 g/mol. The molecule has 1 aliphatic carbocycles. The number of carboxylic acids is 1. The lowest BCUT2D eigenvalue weighted by Gasteiger charge is -2.19. The van der Waals surface area contributed by atoms with Crippen LogP contribution in [0.4, 0.5) is 5.82 Å². The summed E-state index contributed by atoms with van der Waals surface area (Å²) in [6.07, 6.45) is 7.41. The Morgan fingerprint density at radius 2 is 2.25 bits per heavy atom. The van der Waals surface area contributed by atoms with E-state index < -0.39 is 5.97 Å². The fourth-order valence-electron chi connectivity index (χ4n) is 1.66. The molecule has 2 N–H and O–H groups in total. The van der Waals surface area contributed by atoms with E-state index in [4.69, 9.17) is 5.11 Å². The van der Waals surface area contributed by atoms with Crippen LogP contribution in [0.25, 0.3) is 0 Å². The Labute approximate surface area is 93.2 Å². The molecule has 2 rings (SSSR count). The number of rotatable bonds is 3. The van der Waals surface area contributed by atoms with Crippen molar-refractivity contribution in [2.24, 2.45) is 0 Å². The third kappa shape index (κ3) is 2.56.